The van der Waals surface area contributed by atoms with E-state index in [1.54, 1.807) is 0 Å². The van der Waals surface area contributed by atoms with Crippen LogP contribution in [0.3, 0.4) is 0 Å². The van der Waals surface area contributed by atoms with Crippen molar-refractivity contribution in [3.8, 4) is 0 Å². The first-order valence-corrected chi connectivity index (χ1v) is 7.13. The molecule has 2 heterocycles. The van der Waals surface area contributed by atoms with E-state index in [0.29, 0.717) is 12.0 Å². The van der Waals surface area contributed by atoms with Gasteiger partial charge in [-0.1, -0.05) is 6.92 Å². The van der Waals surface area contributed by atoms with Crippen molar-refractivity contribution in [1.29, 1.82) is 0 Å². The van der Waals surface area contributed by atoms with E-state index >= 15 is 0 Å². The van der Waals surface area contributed by atoms with E-state index in [0.717, 1.165) is 38.7 Å². The Morgan fingerprint density at radius 3 is 2.37 bits per heavy atom. The smallest absolute Gasteiger partial charge is 0.225 e. The number of hydrogen-bond acceptors (Lipinski definition) is 5. The molecule has 1 aromatic rings. The molecule has 19 heavy (non-hydrogen) atoms. The lowest BCUT2D eigenvalue weighted by Gasteiger charge is -2.40. The lowest BCUT2D eigenvalue weighted by Crippen LogP contribution is -2.52. The summed E-state index contributed by atoms with van der Waals surface area (Å²) in [5, 5.41) is 3.27. The van der Waals surface area contributed by atoms with Gasteiger partial charge in [0.2, 0.25) is 5.95 Å². The lowest BCUT2D eigenvalue weighted by molar-refractivity contribution is 0.151. The second-order valence-electron chi connectivity index (χ2n) is 5.35. The van der Waals surface area contributed by atoms with Crippen LogP contribution in [0, 0.1) is 5.92 Å². The van der Waals surface area contributed by atoms with Gasteiger partial charge < -0.3 is 10.2 Å². The SMILES string of the molecule is CNCC(C)C(C)N1CCN(c2ncccn2)CC1. The number of hydrogen-bond donors (Lipinski definition) is 1. The summed E-state index contributed by atoms with van der Waals surface area (Å²) in [6, 6.07) is 2.48. The molecule has 2 rings (SSSR count). The van der Waals surface area contributed by atoms with E-state index in [4.69, 9.17) is 0 Å². The van der Waals surface area contributed by atoms with Crippen LogP contribution in [0.15, 0.2) is 18.5 Å². The van der Waals surface area contributed by atoms with E-state index in [2.05, 4.69) is 38.9 Å². The highest BCUT2D eigenvalue weighted by molar-refractivity contribution is 5.29. The molecule has 1 N–H and O–H groups in total. The number of piperazine rings is 1. The van der Waals surface area contributed by atoms with E-state index < -0.39 is 0 Å². The topological polar surface area (TPSA) is 44.3 Å². The monoisotopic (exact) mass is 263 g/mol. The fourth-order valence-corrected chi connectivity index (χ4v) is 2.64. The van der Waals surface area contributed by atoms with Crippen LogP contribution in [0.2, 0.25) is 0 Å². The van der Waals surface area contributed by atoms with Crippen LogP contribution < -0.4 is 10.2 Å². The van der Waals surface area contributed by atoms with Crippen LogP contribution >= 0.6 is 0 Å². The summed E-state index contributed by atoms with van der Waals surface area (Å²) in [4.78, 5) is 13.5. The van der Waals surface area contributed by atoms with Gasteiger partial charge in [0, 0.05) is 44.6 Å². The molecule has 1 aliphatic rings. The van der Waals surface area contributed by atoms with Crippen molar-refractivity contribution in [3.63, 3.8) is 0 Å². The molecular formula is C14H25N5. The summed E-state index contributed by atoms with van der Waals surface area (Å²) in [7, 11) is 2.02. The molecule has 0 bridgehead atoms. The number of nitrogens with one attached hydrogen (secondary N) is 1. The van der Waals surface area contributed by atoms with Gasteiger partial charge in [-0.25, -0.2) is 9.97 Å². The van der Waals surface area contributed by atoms with Crippen LogP contribution in [0.1, 0.15) is 13.8 Å². The predicted octanol–water partition coefficient (Wildman–Crippen LogP) is 0.843. The van der Waals surface area contributed by atoms with Gasteiger partial charge in [0.25, 0.3) is 0 Å². The van der Waals surface area contributed by atoms with Gasteiger partial charge in [-0.3, -0.25) is 4.90 Å². The number of nitrogens with zero attached hydrogens (tertiary/aromatic N) is 4. The summed E-state index contributed by atoms with van der Waals surface area (Å²) >= 11 is 0. The molecule has 106 valence electrons. The average Bonchev–Trinajstić information content (AvgIpc) is 2.48. The molecule has 0 radical (unpaired) electrons. The molecule has 0 aromatic carbocycles. The zero-order chi connectivity index (χ0) is 13.7. The Hall–Kier alpha value is -1.20. The minimum atomic E-state index is 0.617. The minimum absolute atomic E-state index is 0.617. The van der Waals surface area contributed by atoms with Crippen molar-refractivity contribution in [2.75, 3.05) is 44.7 Å². The highest BCUT2D eigenvalue weighted by atomic mass is 15.3. The minimum Gasteiger partial charge on any atom is -0.338 e. The molecule has 1 saturated heterocycles. The molecule has 1 fully saturated rings. The fraction of sp³-hybridized carbons (Fsp3) is 0.714. The first kappa shape index (κ1) is 14.2. The zero-order valence-corrected chi connectivity index (χ0v) is 12.2. The third-order valence-corrected chi connectivity index (χ3v) is 4.07. The third kappa shape index (κ3) is 3.64. The summed E-state index contributed by atoms with van der Waals surface area (Å²) in [6.45, 7) is 9.93. The lowest BCUT2D eigenvalue weighted by atomic mass is 10.0. The van der Waals surface area contributed by atoms with Gasteiger partial charge in [-0.15, -0.1) is 0 Å². The van der Waals surface area contributed by atoms with E-state index in [-0.39, 0.29) is 0 Å². The quantitative estimate of drug-likeness (QED) is 0.853. The summed E-state index contributed by atoms with van der Waals surface area (Å²) < 4.78 is 0. The van der Waals surface area contributed by atoms with Crippen molar-refractivity contribution >= 4 is 5.95 Å². The van der Waals surface area contributed by atoms with Gasteiger partial charge in [0.15, 0.2) is 0 Å². The maximum absolute atomic E-state index is 4.32. The highest BCUT2D eigenvalue weighted by Gasteiger charge is 2.25. The summed E-state index contributed by atoms with van der Waals surface area (Å²) in [6.07, 6.45) is 3.62. The van der Waals surface area contributed by atoms with Crippen molar-refractivity contribution in [1.82, 2.24) is 20.2 Å². The molecule has 0 aliphatic carbocycles. The normalized spacial score (nSPS) is 20.3. The van der Waals surface area contributed by atoms with Crippen LogP contribution in [-0.2, 0) is 0 Å². The Labute approximate surface area is 116 Å². The molecule has 5 heteroatoms. The average molecular weight is 263 g/mol. The Kier molecular flexibility index (Phi) is 5.10. The molecule has 5 nitrogen and oxygen atoms in total. The van der Waals surface area contributed by atoms with Gasteiger partial charge in [-0.05, 0) is 32.5 Å². The van der Waals surface area contributed by atoms with Crippen LogP contribution in [0.5, 0.6) is 0 Å². The standard InChI is InChI=1S/C14H25N5/c1-12(11-15-3)13(2)18-7-9-19(10-8-18)14-16-5-4-6-17-14/h4-6,12-13,15H,7-11H2,1-3H3. The van der Waals surface area contributed by atoms with Crippen LogP contribution in [0.4, 0.5) is 5.95 Å². The second-order valence-corrected chi connectivity index (χ2v) is 5.35. The molecule has 0 saturated carbocycles. The number of anilines is 1. The number of rotatable bonds is 5. The second kappa shape index (κ2) is 6.82. The summed E-state index contributed by atoms with van der Waals surface area (Å²) in [5.41, 5.74) is 0. The number of aromatic nitrogens is 2. The van der Waals surface area contributed by atoms with E-state index in [1.165, 1.54) is 0 Å². The summed E-state index contributed by atoms with van der Waals surface area (Å²) in [5.74, 6) is 1.53. The van der Waals surface area contributed by atoms with Crippen molar-refractivity contribution in [2.45, 2.75) is 19.9 Å². The predicted molar refractivity (Wildman–Crippen MR) is 78.4 cm³/mol. The van der Waals surface area contributed by atoms with Gasteiger partial charge in [0.05, 0.1) is 0 Å². The van der Waals surface area contributed by atoms with Crippen molar-refractivity contribution in [2.24, 2.45) is 5.92 Å². The Balaban J connectivity index is 1.85. The van der Waals surface area contributed by atoms with Crippen LogP contribution in [-0.4, -0.2) is 60.7 Å². The Morgan fingerprint density at radius 1 is 1.16 bits per heavy atom. The largest absolute Gasteiger partial charge is 0.338 e. The maximum Gasteiger partial charge on any atom is 0.225 e. The fourth-order valence-electron chi connectivity index (χ4n) is 2.64. The van der Waals surface area contributed by atoms with Gasteiger partial charge in [-0.2, -0.15) is 0 Å². The molecule has 1 aromatic heterocycles. The first-order chi connectivity index (χ1) is 9.22. The third-order valence-electron chi connectivity index (χ3n) is 4.07. The molecule has 2 atom stereocenters. The van der Waals surface area contributed by atoms with Gasteiger partial charge >= 0.3 is 0 Å². The van der Waals surface area contributed by atoms with Crippen molar-refractivity contribution < 1.29 is 0 Å². The molecule has 0 amide bonds. The first-order valence-electron chi connectivity index (χ1n) is 7.13. The molecule has 2 unspecified atom stereocenters. The maximum atomic E-state index is 4.32. The highest BCUT2D eigenvalue weighted by Crippen LogP contribution is 2.15. The van der Waals surface area contributed by atoms with Crippen LogP contribution in [0.25, 0.3) is 0 Å². The molecular weight excluding hydrogens is 238 g/mol. The molecule has 1 aliphatic heterocycles. The Bertz CT molecular complexity index is 361. The molecule has 0 spiro atoms. The Morgan fingerprint density at radius 2 is 1.79 bits per heavy atom. The van der Waals surface area contributed by atoms with Gasteiger partial charge in [0.1, 0.15) is 0 Å². The zero-order valence-electron chi connectivity index (χ0n) is 12.2. The van der Waals surface area contributed by atoms with Crippen molar-refractivity contribution in [3.05, 3.63) is 18.5 Å². The van der Waals surface area contributed by atoms with E-state index in [1.807, 2.05) is 25.5 Å². The van der Waals surface area contributed by atoms with E-state index in [9.17, 15) is 0 Å².